The Morgan fingerprint density at radius 3 is 2.93 bits per heavy atom. The van der Waals surface area contributed by atoms with Crippen LogP contribution in [0.5, 0.6) is 0 Å². The van der Waals surface area contributed by atoms with E-state index in [0.29, 0.717) is 4.88 Å². The molecule has 0 atom stereocenters. The number of rotatable bonds is 4. The van der Waals surface area contributed by atoms with Crippen LogP contribution in [0.1, 0.15) is 11.8 Å². The summed E-state index contributed by atoms with van der Waals surface area (Å²) in [6, 6.07) is 1.46. The summed E-state index contributed by atoms with van der Waals surface area (Å²) in [5.74, 6) is -4.93. The van der Waals surface area contributed by atoms with Crippen LogP contribution < -0.4 is 0 Å². The van der Waals surface area contributed by atoms with Crippen LogP contribution in [0, 0.1) is 0 Å². The van der Waals surface area contributed by atoms with Gasteiger partial charge in [-0.3, -0.25) is 0 Å². The van der Waals surface area contributed by atoms with Gasteiger partial charge in [0.25, 0.3) is 0 Å². The Hall–Kier alpha value is -1.04. The molecule has 3 nitrogen and oxygen atoms in total. The first kappa shape index (κ1) is 11.0. The minimum absolute atomic E-state index is 0.0445. The van der Waals surface area contributed by atoms with E-state index in [-0.39, 0.29) is 6.61 Å². The van der Waals surface area contributed by atoms with Crippen molar-refractivity contribution in [1.82, 2.24) is 4.37 Å². The smallest absolute Gasteiger partial charge is 0.377 e. The highest BCUT2D eigenvalue weighted by molar-refractivity contribution is 7.05. The third-order valence-electron chi connectivity index (χ3n) is 1.46. The summed E-state index contributed by atoms with van der Waals surface area (Å²) in [5, 5.41) is 0. The molecule has 1 rings (SSSR count). The van der Waals surface area contributed by atoms with Gasteiger partial charge in [-0.2, -0.15) is 8.78 Å². The number of carbonyl (C=O) groups is 1. The first-order valence-corrected chi connectivity index (χ1v) is 4.78. The third kappa shape index (κ3) is 2.73. The van der Waals surface area contributed by atoms with Gasteiger partial charge in [0, 0.05) is 11.1 Å². The molecule has 0 radical (unpaired) electrons. The lowest BCUT2D eigenvalue weighted by Gasteiger charge is -2.12. The highest BCUT2D eigenvalue weighted by Crippen LogP contribution is 2.23. The molecule has 0 bridgehead atoms. The predicted molar refractivity (Wildman–Crippen MR) is 47.4 cm³/mol. The molecule has 0 fully saturated rings. The quantitative estimate of drug-likeness (QED) is 0.729. The van der Waals surface area contributed by atoms with Gasteiger partial charge in [-0.15, -0.1) is 0 Å². The summed E-state index contributed by atoms with van der Waals surface area (Å²) >= 11 is 0.948. The van der Waals surface area contributed by atoms with Crippen molar-refractivity contribution >= 4 is 17.5 Å². The second-order valence-corrected chi connectivity index (χ2v) is 3.50. The number of hydrogen-bond donors (Lipinski definition) is 0. The van der Waals surface area contributed by atoms with E-state index in [9.17, 15) is 13.6 Å². The molecule has 6 heteroatoms. The maximum Gasteiger partial charge on any atom is 0.377 e. The van der Waals surface area contributed by atoms with Crippen molar-refractivity contribution in [2.45, 2.75) is 19.3 Å². The van der Waals surface area contributed by atoms with E-state index >= 15 is 0 Å². The van der Waals surface area contributed by atoms with Crippen molar-refractivity contribution < 1.29 is 18.3 Å². The fourth-order valence-electron chi connectivity index (χ4n) is 0.861. The van der Waals surface area contributed by atoms with Crippen LogP contribution in [0.2, 0.25) is 0 Å². The van der Waals surface area contributed by atoms with E-state index in [2.05, 4.69) is 9.11 Å². The lowest BCUT2D eigenvalue weighted by atomic mass is 10.2. The van der Waals surface area contributed by atoms with Gasteiger partial charge in [-0.05, 0) is 24.5 Å². The molecule has 0 N–H and O–H groups in total. The van der Waals surface area contributed by atoms with E-state index in [1.54, 1.807) is 0 Å². The number of aromatic nitrogens is 1. The normalized spacial score (nSPS) is 11.4. The van der Waals surface area contributed by atoms with Gasteiger partial charge in [-0.1, -0.05) is 0 Å². The molecule has 0 aromatic carbocycles. The highest BCUT2D eigenvalue weighted by Gasteiger charge is 2.40. The van der Waals surface area contributed by atoms with Crippen LogP contribution >= 0.6 is 11.5 Å². The van der Waals surface area contributed by atoms with Gasteiger partial charge < -0.3 is 4.74 Å². The average Bonchev–Trinajstić information content (AvgIpc) is 2.56. The van der Waals surface area contributed by atoms with Gasteiger partial charge in [0.05, 0.1) is 13.0 Å². The Balaban J connectivity index is 2.61. The van der Waals surface area contributed by atoms with Crippen LogP contribution in [0.3, 0.4) is 0 Å². The summed E-state index contributed by atoms with van der Waals surface area (Å²) in [7, 11) is 0. The van der Waals surface area contributed by atoms with Gasteiger partial charge >= 0.3 is 11.9 Å². The van der Waals surface area contributed by atoms with E-state index < -0.39 is 18.3 Å². The standard InChI is InChI=1S/C8H9F2NO2S/c1-2-13-7(12)8(9,10)5-6-3-4-11-14-6/h3-4H,2,5H2,1H3. The Bertz CT molecular complexity index is 300. The van der Waals surface area contributed by atoms with E-state index in [1.165, 1.54) is 19.2 Å². The number of hydrogen-bond acceptors (Lipinski definition) is 4. The molecule has 0 spiro atoms. The number of ether oxygens (including phenoxy) is 1. The van der Waals surface area contributed by atoms with Gasteiger partial charge in [0.2, 0.25) is 0 Å². The van der Waals surface area contributed by atoms with E-state index in [1.807, 2.05) is 0 Å². The van der Waals surface area contributed by atoms with Crippen LogP contribution in [-0.2, 0) is 16.0 Å². The second-order valence-electron chi connectivity index (χ2n) is 2.58. The molecule has 0 aliphatic heterocycles. The number of esters is 1. The fraction of sp³-hybridized carbons (Fsp3) is 0.500. The van der Waals surface area contributed by atoms with Crippen molar-refractivity contribution in [2.24, 2.45) is 0 Å². The predicted octanol–water partition coefficient (Wildman–Crippen LogP) is 1.88. The zero-order valence-electron chi connectivity index (χ0n) is 7.50. The number of halogens is 2. The van der Waals surface area contributed by atoms with Gasteiger partial charge in [0.1, 0.15) is 0 Å². The first-order valence-electron chi connectivity index (χ1n) is 4.01. The third-order valence-corrected chi connectivity index (χ3v) is 2.20. The zero-order valence-corrected chi connectivity index (χ0v) is 8.31. The topological polar surface area (TPSA) is 39.2 Å². The molecule has 1 aromatic heterocycles. The minimum atomic E-state index is -3.46. The molecule has 1 heterocycles. The van der Waals surface area contributed by atoms with Crippen molar-refractivity contribution in [3.8, 4) is 0 Å². The largest absolute Gasteiger partial charge is 0.462 e. The maximum atomic E-state index is 13.1. The summed E-state index contributed by atoms with van der Waals surface area (Å²) in [6.45, 7) is 1.44. The van der Waals surface area contributed by atoms with E-state index in [4.69, 9.17) is 0 Å². The summed E-state index contributed by atoms with van der Waals surface area (Å²) in [6.07, 6.45) is 0.776. The summed E-state index contributed by atoms with van der Waals surface area (Å²) in [4.78, 5) is 11.2. The molecule has 14 heavy (non-hydrogen) atoms. The lowest BCUT2D eigenvalue weighted by molar-refractivity contribution is -0.171. The maximum absolute atomic E-state index is 13.1. The monoisotopic (exact) mass is 221 g/mol. The minimum Gasteiger partial charge on any atom is -0.462 e. The van der Waals surface area contributed by atoms with Crippen LogP contribution in [-0.4, -0.2) is 22.9 Å². The van der Waals surface area contributed by atoms with Gasteiger partial charge in [-0.25, -0.2) is 9.17 Å². The van der Waals surface area contributed by atoms with Crippen LogP contribution in [0.15, 0.2) is 12.3 Å². The molecule has 0 unspecified atom stereocenters. The number of carbonyl (C=O) groups excluding carboxylic acids is 1. The summed E-state index contributed by atoms with van der Waals surface area (Å²) < 4.78 is 34.1. The molecule has 0 amide bonds. The number of alkyl halides is 2. The van der Waals surface area contributed by atoms with Crippen molar-refractivity contribution in [1.29, 1.82) is 0 Å². The Morgan fingerprint density at radius 2 is 2.43 bits per heavy atom. The Kier molecular flexibility index (Phi) is 3.51. The molecule has 1 aromatic rings. The molecular formula is C8H9F2NO2S. The molecule has 0 saturated carbocycles. The van der Waals surface area contributed by atoms with E-state index in [0.717, 1.165) is 11.5 Å². The molecule has 78 valence electrons. The van der Waals surface area contributed by atoms with Gasteiger partial charge in [0.15, 0.2) is 0 Å². The Labute approximate surface area is 83.9 Å². The second kappa shape index (κ2) is 4.45. The average molecular weight is 221 g/mol. The SMILES string of the molecule is CCOC(=O)C(F)(F)Cc1ccns1. The number of nitrogens with zero attached hydrogens (tertiary/aromatic N) is 1. The van der Waals surface area contributed by atoms with Crippen molar-refractivity contribution in [2.75, 3.05) is 6.61 Å². The zero-order chi connectivity index (χ0) is 10.6. The highest BCUT2D eigenvalue weighted by atomic mass is 32.1. The fourth-order valence-corrected chi connectivity index (χ4v) is 1.49. The Morgan fingerprint density at radius 1 is 1.71 bits per heavy atom. The molecule has 0 aliphatic rings. The lowest BCUT2D eigenvalue weighted by Crippen LogP contribution is -2.32. The van der Waals surface area contributed by atoms with Crippen molar-refractivity contribution in [3.05, 3.63) is 17.1 Å². The summed E-state index contributed by atoms with van der Waals surface area (Å²) in [5.41, 5.74) is 0. The van der Waals surface area contributed by atoms with Crippen molar-refractivity contribution in [3.63, 3.8) is 0 Å². The first-order chi connectivity index (χ1) is 6.56. The van der Waals surface area contributed by atoms with Crippen LogP contribution in [0.25, 0.3) is 0 Å². The molecule has 0 aliphatic carbocycles. The van der Waals surface area contributed by atoms with Crippen LogP contribution in [0.4, 0.5) is 8.78 Å². The molecular weight excluding hydrogens is 212 g/mol. The molecule has 0 saturated heterocycles.